The Labute approximate surface area is 127 Å². The summed E-state index contributed by atoms with van der Waals surface area (Å²) in [5.41, 5.74) is -0.104. The number of halogens is 2. The van der Waals surface area contributed by atoms with E-state index in [-0.39, 0.29) is 17.4 Å². The third kappa shape index (κ3) is 2.88. The topological polar surface area (TPSA) is 57.6 Å². The van der Waals surface area contributed by atoms with Crippen molar-refractivity contribution in [2.75, 3.05) is 0 Å². The van der Waals surface area contributed by atoms with Gasteiger partial charge in [-0.05, 0) is 38.5 Å². The van der Waals surface area contributed by atoms with Gasteiger partial charge in [0.05, 0.1) is 17.0 Å². The zero-order valence-corrected chi connectivity index (χ0v) is 12.8. The summed E-state index contributed by atoms with van der Waals surface area (Å²) < 4.78 is 13.7. The monoisotopic (exact) mass is 313 g/mol. The van der Waals surface area contributed by atoms with Crippen LogP contribution in [0.25, 0.3) is 0 Å². The Morgan fingerprint density at radius 1 is 1.43 bits per heavy atom. The Morgan fingerprint density at radius 3 is 2.52 bits per heavy atom. The zero-order chi connectivity index (χ0) is 15.9. The number of hydrogen-bond donors (Lipinski definition) is 1. The molecule has 4 nitrogen and oxygen atoms in total. The van der Waals surface area contributed by atoms with Crippen molar-refractivity contribution in [1.29, 1.82) is 0 Å². The van der Waals surface area contributed by atoms with Crippen molar-refractivity contribution >= 4 is 23.5 Å². The molecule has 1 saturated heterocycles. The van der Waals surface area contributed by atoms with Gasteiger partial charge in [-0.15, -0.1) is 0 Å². The first-order chi connectivity index (χ1) is 9.62. The van der Waals surface area contributed by atoms with Crippen LogP contribution in [0.4, 0.5) is 4.39 Å². The number of amides is 1. The maximum Gasteiger partial charge on any atom is 0.309 e. The first-order valence-electron chi connectivity index (χ1n) is 6.63. The van der Waals surface area contributed by atoms with Gasteiger partial charge in [-0.2, -0.15) is 0 Å². The number of hydrogen-bond acceptors (Lipinski definition) is 2. The second-order valence-electron chi connectivity index (χ2n) is 6.20. The fourth-order valence-electron chi connectivity index (χ4n) is 2.82. The van der Waals surface area contributed by atoms with E-state index in [1.54, 1.807) is 6.07 Å². The zero-order valence-electron chi connectivity index (χ0n) is 12.1. The van der Waals surface area contributed by atoms with Crippen molar-refractivity contribution in [2.24, 2.45) is 5.92 Å². The maximum absolute atomic E-state index is 13.7. The van der Waals surface area contributed by atoms with Crippen molar-refractivity contribution in [2.45, 2.75) is 38.8 Å². The first kappa shape index (κ1) is 15.8. The summed E-state index contributed by atoms with van der Waals surface area (Å²) >= 11 is 5.67. The van der Waals surface area contributed by atoms with Crippen LogP contribution in [-0.2, 0) is 9.59 Å². The lowest BCUT2D eigenvalue weighted by Gasteiger charge is -2.38. The van der Waals surface area contributed by atoms with Crippen molar-refractivity contribution in [1.82, 2.24) is 4.90 Å². The molecule has 1 amide bonds. The second-order valence-corrected chi connectivity index (χ2v) is 6.61. The number of carbonyl (C=O) groups excluding carboxylic acids is 1. The molecule has 0 spiro atoms. The molecule has 0 saturated carbocycles. The Balaban J connectivity index is 2.54. The number of nitrogens with zero attached hydrogens (tertiary/aromatic N) is 1. The van der Waals surface area contributed by atoms with E-state index in [1.807, 2.05) is 20.8 Å². The van der Waals surface area contributed by atoms with Crippen LogP contribution in [0, 0.1) is 11.7 Å². The normalized spacial score (nSPS) is 22.7. The fourth-order valence-corrected chi connectivity index (χ4v) is 2.94. The first-order valence-corrected chi connectivity index (χ1v) is 7.00. The highest BCUT2D eigenvalue weighted by Gasteiger charge is 2.48. The van der Waals surface area contributed by atoms with E-state index in [0.29, 0.717) is 5.56 Å². The lowest BCUT2D eigenvalue weighted by atomic mass is 9.91. The minimum Gasteiger partial charge on any atom is -0.481 e. The smallest absolute Gasteiger partial charge is 0.309 e. The molecule has 0 radical (unpaired) electrons. The SMILES string of the molecule is CC(C)(C)N1C(=O)C[C@@H](C(=O)O)[C@H]1c1ccc(Cl)c(F)c1. The highest BCUT2D eigenvalue weighted by molar-refractivity contribution is 6.30. The molecule has 1 aliphatic rings. The van der Waals surface area contributed by atoms with Crippen molar-refractivity contribution in [3.05, 3.63) is 34.6 Å². The number of carboxylic acids is 1. The minimum atomic E-state index is -1.06. The van der Waals surface area contributed by atoms with E-state index >= 15 is 0 Å². The van der Waals surface area contributed by atoms with Gasteiger partial charge in [0.2, 0.25) is 5.91 Å². The number of carboxylic acid groups (broad SMARTS) is 1. The molecular weight excluding hydrogens is 297 g/mol. The van der Waals surface area contributed by atoms with Crippen LogP contribution >= 0.6 is 11.6 Å². The van der Waals surface area contributed by atoms with Gasteiger partial charge in [-0.3, -0.25) is 9.59 Å². The van der Waals surface area contributed by atoms with Gasteiger partial charge in [0.15, 0.2) is 0 Å². The molecule has 0 aromatic heterocycles. The van der Waals surface area contributed by atoms with E-state index in [0.717, 1.165) is 0 Å². The van der Waals surface area contributed by atoms with Crippen LogP contribution in [0.5, 0.6) is 0 Å². The molecule has 0 bridgehead atoms. The molecule has 0 aliphatic carbocycles. The van der Waals surface area contributed by atoms with E-state index in [9.17, 15) is 19.1 Å². The Hall–Kier alpha value is -1.62. The van der Waals surface area contributed by atoms with E-state index in [1.165, 1.54) is 17.0 Å². The Kier molecular flexibility index (Phi) is 3.97. The Morgan fingerprint density at radius 2 is 2.05 bits per heavy atom. The molecule has 1 heterocycles. The molecular formula is C15H17ClFNO3. The maximum atomic E-state index is 13.7. The summed E-state index contributed by atoms with van der Waals surface area (Å²) in [6.07, 6.45) is -0.0818. The summed E-state index contributed by atoms with van der Waals surface area (Å²) in [5.74, 6) is -2.81. The second kappa shape index (κ2) is 5.30. The lowest BCUT2D eigenvalue weighted by Crippen LogP contribution is -2.44. The van der Waals surface area contributed by atoms with Crippen LogP contribution in [0.1, 0.15) is 38.8 Å². The third-order valence-corrected chi connectivity index (χ3v) is 3.95. The number of aliphatic carboxylic acids is 1. The van der Waals surface area contributed by atoms with E-state index < -0.39 is 29.3 Å². The molecule has 2 atom stereocenters. The molecule has 0 unspecified atom stereocenters. The molecule has 1 fully saturated rings. The van der Waals surface area contributed by atoms with Crippen LogP contribution in [0.3, 0.4) is 0 Å². The highest BCUT2D eigenvalue weighted by atomic mass is 35.5. The molecule has 1 aliphatic heterocycles. The molecule has 2 rings (SSSR count). The summed E-state index contributed by atoms with van der Waals surface area (Å²) in [6.45, 7) is 5.48. The van der Waals surface area contributed by atoms with Gasteiger partial charge in [-0.1, -0.05) is 17.7 Å². The molecule has 6 heteroatoms. The van der Waals surface area contributed by atoms with Gasteiger partial charge in [0.25, 0.3) is 0 Å². The highest BCUT2D eigenvalue weighted by Crippen LogP contribution is 2.43. The Bertz CT molecular complexity index is 597. The van der Waals surface area contributed by atoms with Crippen molar-refractivity contribution in [3.63, 3.8) is 0 Å². The summed E-state index contributed by atoms with van der Waals surface area (Å²) in [5, 5.41) is 9.34. The number of benzene rings is 1. The molecule has 1 N–H and O–H groups in total. The van der Waals surface area contributed by atoms with Gasteiger partial charge in [-0.25, -0.2) is 4.39 Å². The van der Waals surface area contributed by atoms with E-state index in [2.05, 4.69) is 0 Å². The summed E-state index contributed by atoms with van der Waals surface area (Å²) in [4.78, 5) is 25.2. The van der Waals surface area contributed by atoms with Crippen LogP contribution in [-0.4, -0.2) is 27.4 Å². The quantitative estimate of drug-likeness (QED) is 0.911. The van der Waals surface area contributed by atoms with E-state index in [4.69, 9.17) is 11.6 Å². The summed E-state index contributed by atoms with van der Waals surface area (Å²) in [7, 11) is 0. The lowest BCUT2D eigenvalue weighted by molar-refractivity contribution is -0.142. The molecule has 1 aromatic rings. The van der Waals surface area contributed by atoms with Gasteiger partial charge in [0.1, 0.15) is 5.82 Å². The average molecular weight is 314 g/mol. The number of carbonyl (C=O) groups is 2. The number of likely N-dealkylation sites (tertiary alicyclic amines) is 1. The van der Waals surface area contributed by atoms with Gasteiger partial charge >= 0.3 is 5.97 Å². The van der Waals surface area contributed by atoms with Crippen LogP contribution in [0.15, 0.2) is 18.2 Å². The predicted molar refractivity (Wildman–Crippen MR) is 76.5 cm³/mol. The number of rotatable bonds is 2. The molecule has 114 valence electrons. The molecule has 21 heavy (non-hydrogen) atoms. The largest absolute Gasteiger partial charge is 0.481 e. The summed E-state index contributed by atoms with van der Waals surface area (Å²) in [6, 6.07) is 3.47. The van der Waals surface area contributed by atoms with Crippen LogP contribution < -0.4 is 0 Å². The average Bonchev–Trinajstić information content (AvgIpc) is 2.70. The molecule has 1 aromatic carbocycles. The fraction of sp³-hybridized carbons (Fsp3) is 0.467. The van der Waals surface area contributed by atoms with Gasteiger partial charge in [0, 0.05) is 12.0 Å². The van der Waals surface area contributed by atoms with Crippen molar-refractivity contribution < 1.29 is 19.1 Å². The predicted octanol–water partition coefficient (Wildman–Crippen LogP) is 3.25. The van der Waals surface area contributed by atoms with Gasteiger partial charge < -0.3 is 10.0 Å². The minimum absolute atomic E-state index is 0.0303. The van der Waals surface area contributed by atoms with Crippen LogP contribution in [0.2, 0.25) is 5.02 Å². The third-order valence-electron chi connectivity index (χ3n) is 3.65. The standard InChI is InChI=1S/C15H17ClFNO3/c1-15(2,3)18-12(19)7-9(14(20)21)13(18)8-4-5-10(16)11(17)6-8/h4-6,9,13H,7H2,1-3H3,(H,20,21)/t9-,13-/m1/s1. The van der Waals surface area contributed by atoms with Crippen molar-refractivity contribution in [3.8, 4) is 0 Å².